The second-order valence-electron chi connectivity index (χ2n) is 4.96. The topological polar surface area (TPSA) is 33.1 Å². The molecule has 1 aromatic heterocycles. The van der Waals surface area contributed by atoms with Gasteiger partial charge in [0.1, 0.15) is 0 Å². The summed E-state index contributed by atoms with van der Waals surface area (Å²) in [6.45, 7) is 7.56. The van der Waals surface area contributed by atoms with Crippen LogP contribution in [-0.2, 0) is 20.0 Å². The molecule has 1 heterocycles. The van der Waals surface area contributed by atoms with Gasteiger partial charge in [-0.1, -0.05) is 13.8 Å². The smallest absolute Gasteiger partial charge is 0.0625 e. The number of nitrogens with zero attached hydrogens (tertiary/aromatic N) is 3. The predicted octanol–water partition coefficient (Wildman–Crippen LogP) is 1.27. The van der Waals surface area contributed by atoms with E-state index in [4.69, 9.17) is 0 Å². The first kappa shape index (κ1) is 14.2. The van der Waals surface area contributed by atoms with Gasteiger partial charge in [0.15, 0.2) is 0 Å². The maximum absolute atomic E-state index is 4.48. The fraction of sp³-hybridized carbons (Fsp3) is 0.769. The zero-order valence-corrected chi connectivity index (χ0v) is 11.8. The van der Waals surface area contributed by atoms with Crippen molar-refractivity contribution in [3.8, 4) is 0 Å². The Morgan fingerprint density at radius 2 is 2.24 bits per heavy atom. The Bertz CT molecular complexity index is 332. The van der Waals surface area contributed by atoms with Gasteiger partial charge in [0.05, 0.1) is 11.4 Å². The lowest BCUT2D eigenvalue weighted by Crippen LogP contribution is -2.29. The molecule has 0 amide bonds. The Morgan fingerprint density at radius 1 is 1.53 bits per heavy atom. The van der Waals surface area contributed by atoms with Gasteiger partial charge >= 0.3 is 0 Å². The molecule has 17 heavy (non-hydrogen) atoms. The van der Waals surface area contributed by atoms with Crippen molar-refractivity contribution in [3.05, 3.63) is 17.5 Å². The first-order valence-electron chi connectivity index (χ1n) is 6.41. The van der Waals surface area contributed by atoms with Crippen LogP contribution in [0.4, 0.5) is 0 Å². The minimum absolute atomic E-state index is 0.670. The molecule has 4 nitrogen and oxygen atoms in total. The first-order chi connectivity index (χ1) is 8.06. The number of nitrogens with one attached hydrogen (secondary N) is 1. The van der Waals surface area contributed by atoms with Crippen LogP contribution in [0.3, 0.4) is 0 Å². The molecule has 4 heteroatoms. The van der Waals surface area contributed by atoms with Gasteiger partial charge in [0.2, 0.25) is 0 Å². The van der Waals surface area contributed by atoms with Crippen molar-refractivity contribution in [2.45, 2.75) is 26.8 Å². The van der Waals surface area contributed by atoms with Crippen LogP contribution in [0, 0.1) is 5.92 Å². The molecule has 1 atom stereocenters. The van der Waals surface area contributed by atoms with Gasteiger partial charge in [-0.3, -0.25) is 4.68 Å². The number of rotatable bonds is 7. The maximum Gasteiger partial charge on any atom is 0.0625 e. The molecule has 0 aromatic carbocycles. The van der Waals surface area contributed by atoms with Crippen LogP contribution in [0.15, 0.2) is 6.07 Å². The highest BCUT2D eigenvalue weighted by molar-refractivity contribution is 5.09. The van der Waals surface area contributed by atoms with Crippen molar-refractivity contribution < 1.29 is 0 Å². The quantitative estimate of drug-likeness (QED) is 0.776. The van der Waals surface area contributed by atoms with Crippen LogP contribution < -0.4 is 5.32 Å². The average Bonchev–Trinajstić information content (AvgIpc) is 2.59. The van der Waals surface area contributed by atoms with E-state index in [0.29, 0.717) is 5.92 Å². The van der Waals surface area contributed by atoms with Gasteiger partial charge in [-0.05, 0) is 39.0 Å². The summed E-state index contributed by atoms with van der Waals surface area (Å²) in [5.41, 5.74) is 2.47. The highest BCUT2D eigenvalue weighted by Crippen LogP contribution is 2.08. The molecule has 0 aliphatic rings. The molecule has 0 aliphatic heterocycles. The third kappa shape index (κ3) is 4.48. The van der Waals surface area contributed by atoms with Gasteiger partial charge in [0, 0.05) is 20.1 Å². The van der Waals surface area contributed by atoms with Crippen LogP contribution in [0.2, 0.25) is 0 Å². The lowest BCUT2D eigenvalue weighted by Gasteiger charge is -2.21. The van der Waals surface area contributed by atoms with Crippen LogP contribution in [0.1, 0.15) is 25.2 Å². The lowest BCUT2D eigenvalue weighted by molar-refractivity contribution is 0.270. The second kappa shape index (κ2) is 6.77. The van der Waals surface area contributed by atoms with Crippen molar-refractivity contribution >= 4 is 0 Å². The maximum atomic E-state index is 4.48. The molecule has 0 fully saturated rings. The number of hydrogen-bond acceptors (Lipinski definition) is 3. The number of hydrogen-bond donors (Lipinski definition) is 1. The standard InChI is InChI=1S/C13H26N4/c1-6-12-7-13(17(5)15-12)10-16(4)9-11(2)8-14-3/h7,11,14H,6,8-10H2,1-5H3. The van der Waals surface area contributed by atoms with E-state index in [1.54, 1.807) is 0 Å². The van der Waals surface area contributed by atoms with Crippen molar-refractivity contribution in [1.29, 1.82) is 0 Å². The van der Waals surface area contributed by atoms with E-state index in [-0.39, 0.29) is 0 Å². The van der Waals surface area contributed by atoms with E-state index in [9.17, 15) is 0 Å². The lowest BCUT2D eigenvalue weighted by atomic mass is 10.1. The van der Waals surface area contributed by atoms with E-state index in [0.717, 1.165) is 26.1 Å². The first-order valence-corrected chi connectivity index (χ1v) is 6.41. The summed E-state index contributed by atoms with van der Waals surface area (Å²) in [4.78, 5) is 2.36. The van der Waals surface area contributed by atoms with E-state index in [2.05, 4.69) is 42.3 Å². The Morgan fingerprint density at radius 3 is 2.76 bits per heavy atom. The van der Waals surface area contributed by atoms with E-state index in [1.807, 2.05) is 18.8 Å². The van der Waals surface area contributed by atoms with Gasteiger partial charge in [-0.25, -0.2) is 0 Å². The fourth-order valence-electron chi connectivity index (χ4n) is 2.18. The average molecular weight is 238 g/mol. The normalized spacial score (nSPS) is 13.3. The zero-order chi connectivity index (χ0) is 12.8. The van der Waals surface area contributed by atoms with Gasteiger partial charge in [0.25, 0.3) is 0 Å². The van der Waals surface area contributed by atoms with Crippen LogP contribution in [-0.4, -0.2) is 41.9 Å². The van der Waals surface area contributed by atoms with Crippen molar-refractivity contribution in [1.82, 2.24) is 20.0 Å². The second-order valence-corrected chi connectivity index (χ2v) is 4.96. The molecule has 0 spiro atoms. The Hall–Kier alpha value is -0.870. The largest absolute Gasteiger partial charge is 0.319 e. The molecule has 1 rings (SSSR count). The summed E-state index contributed by atoms with van der Waals surface area (Å²) in [7, 11) is 6.20. The Labute approximate surface area is 105 Å². The monoisotopic (exact) mass is 238 g/mol. The van der Waals surface area contributed by atoms with E-state index >= 15 is 0 Å². The molecule has 1 N–H and O–H groups in total. The van der Waals surface area contributed by atoms with E-state index < -0.39 is 0 Å². The number of aryl methyl sites for hydroxylation is 2. The summed E-state index contributed by atoms with van der Waals surface area (Å²) in [5.74, 6) is 0.670. The summed E-state index contributed by atoms with van der Waals surface area (Å²) in [5, 5.41) is 7.69. The third-order valence-electron chi connectivity index (χ3n) is 3.00. The number of aromatic nitrogens is 2. The molecular weight excluding hydrogens is 212 g/mol. The predicted molar refractivity (Wildman–Crippen MR) is 72.0 cm³/mol. The van der Waals surface area contributed by atoms with Gasteiger partial charge < -0.3 is 10.2 Å². The molecule has 98 valence electrons. The summed E-state index contributed by atoms with van der Waals surface area (Å²) in [6.07, 6.45) is 1.01. The van der Waals surface area contributed by atoms with Gasteiger partial charge in [-0.2, -0.15) is 5.10 Å². The van der Waals surface area contributed by atoms with Crippen LogP contribution in [0.25, 0.3) is 0 Å². The highest BCUT2D eigenvalue weighted by Gasteiger charge is 2.09. The molecule has 1 aromatic rings. The molecule has 0 bridgehead atoms. The van der Waals surface area contributed by atoms with Crippen molar-refractivity contribution in [2.24, 2.45) is 13.0 Å². The molecule has 0 aliphatic carbocycles. The van der Waals surface area contributed by atoms with Crippen LogP contribution in [0.5, 0.6) is 0 Å². The Balaban J connectivity index is 2.49. The van der Waals surface area contributed by atoms with Gasteiger partial charge in [-0.15, -0.1) is 0 Å². The minimum Gasteiger partial charge on any atom is -0.319 e. The molecule has 0 radical (unpaired) electrons. The summed E-state index contributed by atoms with van der Waals surface area (Å²) in [6, 6.07) is 2.21. The SMILES string of the molecule is CCc1cc(CN(C)CC(C)CNC)n(C)n1. The van der Waals surface area contributed by atoms with Crippen LogP contribution >= 0.6 is 0 Å². The Kier molecular flexibility index (Phi) is 5.65. The molecule has 0 saturated heterocycles. The summed E-state index contributed by atoms with van der Waals surface area (Å²) < 4.78 is 2.00. The minimum atomic E-state index is 0.670. The molecule has 0 saturated carbocycles. The molecular formula is C13H26N4. The third-order valence-corrected chi connectivity index (χ3v) is 3.00. The highest BCUT2D eigenvalue weighted by atomic mass is 15.3. The molecule has 1 unspecified atom stereocenters. The van der Waals surface area contributed by atoms with Crippen molar-refractivity contribution in [2.75, 3.05) is 27.2 Å². The summed E-state index contributed by atoms with van der Waals surface area (Å²) >= 11 is 0. The zero-order valence-electron chi connectivity index (χ0n) is 11.8. The fourth-order valence-corrected chi connectivity index (χ4v) is 2.18. The van der Waals surface area contributed by atoms with E-state index in [1.165, 1.54) is 11.4 Å². The van der Waals surface area contributed by atoms with Crippen molar-refractivity contribution in [3.63, 3.8) is 0 Å².